The maximum absolute atomic E-state index is 8.52. The fourth-order valence-corrected chi connectivity index (χ4v) is 2.51. The van der Waals surface area contributed by atoms with Crippen molar-refractivity contribution in [1.82, 2.24) is 0 Å². The molecule has 5 heteroatoms. The van der Waals surface area contributed by atoms with Crippen LogP contribution in [0.5, 0.6) is 0 Å². The fraction of sp³-hybridized carbons (Fsp3) is 1.00. The first-order valence-electron chi connectivity index (χ1n) is 9.76. The molecule has 1 N–H and O–H groups in total. The van der Waals surface area contributed by atoms with Crippen molar-refractivity contribution < 1.29 is 24.1 Å². The molecule has 0 atom stereocenters. The maximum Gasteiger partial charge on any atom is 0.0701 e. The molecule has 146 valence electrons. The van der Waals surface area contributed by atoms with Crippen LogP contribution < -0.4 is 0 Å². The standard InChI is InChI=1S/C19H40O5/c1-3-19(4-2)9-7-5-6-8-11-21-13-15-23-17-18-24-16-14-22-12-10-20/h19-20H,3-18H2,1-2H3. The third kappa shape index (κ3) is 18.1. The van der Waals surface area contributed by atoms with Crippen molar-refractivity contribution >= 4 is 0 Å². The topological polar surface area (TPSA) is 57.2 Å². The van der Waals surface area contributed by atoms with E-state index in [2.05, 4.69) is 13.8 Å². The summed E-state index contributed by atoms with van der Waals surface area (Å²) in [6.07, 6.45) is 9.14. The average molecular weight is 349 g/mol. The van der Waals surface area contributed by atoms with Gasteiger partial charge in [-0.05, 0) is 12.3 Å². The lowest BCUT2D eigenvalue weighted by Crippen LogP contribution is -2.12. The number of aliphatic hydroxyl groups is 1. The molecule has 24 heavy (non-hydrogen) atoms. The largest absolute Gasteiger partial charge is 0.394 e. The molecule has 0 heterocycles. The van der Waals surface area contributed by atoms with E-state index in [4.69, 9.17) is 24.1 Å². The van der Waals surface area contributed by atoms with Gasteiger partial charge in [0.2, 0.25) is 0 Å². The summed E-state index contributed by atoms with van der Waals surface area (Å²) in [6.45, 7) is 9.35. The van der Waals surface area contributed by atoms with Crippen LogP contribution in [0.25, 0.3) is 0 Å². The van der Waals surface area contributed by atoms with E-state index in [1.807, 2.05) is 0 Å². The van der Waals surface area contributed by atoms with Crippen molar-refractivity contribution in [2.45, 2.75) is 58.8 Å². The molecule has 0 unspecified atom stereocenters. The first kappa shape index (κ1) is 23.8. The molecule has 0 fully saturated rings. The zero-order valence-corrected chi connectivity index (χ0v) is 16.0. The fourth-order valence-electron chi connectivity index (χ4n) is 2.51. The molecule has 0 aliphatic heterocycles. The van der Waals surface area contributed by atoms with Gasteiger partial charge in [-0.25, -0.2) is 0 Å². The summed E-state index contributed by atoms with van der Waals surface area (Å²) in [7, 11) is 0. The molecule has 0 amide bonds. The van der Waals surface area contributed by atoms with Crippen molar-refractivity contribution in [3.63, 3.8) is 0 Å². The van der Waals surface area contributed by atoms with Gasteiger partial charge in [-0.1, -0.05) is 52.4 Å². The molecule has 0 rings (SSSR count). The molecule has 0 radical (unpaired) electrons. The molecule has 0 spiro atoms. The van der Waals surface area contributed by atoms with Gasteiger partial charge in [-0.2, -0.15) is 0 Å². The number of ether oxygens (including phenoxy) is 4. The van der Waals surface area contributed by atoms with Crippen LogP contribution in [0.3, 0.4) is 0 Å². The highest BCUT2D eigenvalue weighted by molar-refractivity contribution is 4.55. The lowest BCUT2D eigenvalue weighted by atomic mass is 9.96. The van der Waals surface area contributed by atoms with E-state index < -0.39 is 0 Å². The third-order valence-electron chi connectivity index (χ3n) is 4.16. The average Bonchev–Trinajstić information content (AvgIpc) is 2.61. The number of hydrogen-bond donors (Lipinski definition) is 1. The van der Waals surface area contributed by atoms with E-state index in [9.17, 15) is 0 Å². The second kappa shape index (κ2) is 20.8. The number of rotatable bonds is 20. The van der Waals surface area contributed by atoms with Crippen LogP contribution in [0, 0.1) is 5.92 Å². The molecule has 0 aromatic heterocycles. The van der Waals surface area contributed by atoms with Gasteiger partial charge in [0.1, 0.15) is 0 Å². The number of unbranched alkanes of at least 4 members (excludes halogenated alkanes) is 3. The summed E-state index contributed by atoms with van der Waals surface area (Å²) in [4.78, 5) is 0. The van der Waals surface area contributed by atoms with Crippen LogP contribution in [0.15, 0.2) is 0 Å². The Bertz CT molecular complexity index is 222. The van der Waals surface area contributed by atoms with Gasteiger partial charge < -0.3 is 24.1 Å². The molecule has 0 aliphatic carbocycles. The SMILES string of the molecule is CCC(CC)CCCCCCOCCOCCOCCOCCO. The lowest BCUT2D eigenvalue weighted by molar-refractivity contribution is -0.00577. The van der Waals surface area contributed by atoms with E-state index in [0.717, 1.165) is 18.9 Å². The minimum atomic E-state index is 0.0568. The van der Waals surface area contributed by atoms with E-state index in [1.54, 1.807) is 0 Å². The molecule has 5 nitrogen and oxygen atoms in total. The van der Waals surface area contributed by atoms with Crippen LogP contribution in [0.2, 0.25) is 0 Å². The van der Waals surface area contributed by atoms with Crippen molar-refractivity contribution in [3.8, 4) is 0 Å². The van der Waals surface area contributed by atoms with Crippen LogP contribution in [-0.4, -0.2) is 64.6 Å². The zero-order chi connectivity index (χ0) is 17.7. The minimum Gasteiger partial charge on any atom is -0.394 e. The van der Waals surface area contributed by atoms with Crippen LogP contribution in [0.4, 0.5) is 0 Å². The van der Waals surface area contributed by atoms with Gasteiger partial charge >= 0.3 is 0 Å². The molecular formula is C19H40O5. The van der Waals surface area contributed by atoms with E-state index in [-0.39, 0.29) is 6.61 Å². The van der Waals surface area contributed by atoms with Gasteiger partial charge in [-0.15, -0.1) is 0 Å². The summed E-state index contributed by atoms with van der Waals surface area (Å²) in [5.74, 6) is 0.926. The summed E-state index contributed by atoms with van der Waals surface area (Å²) >= 11 is 0. The number of hydrogen-bond acceptors (Lipinski definition) is 5. The molecule has 0 aromatic carbocycles. The van der Waals surface area contributed by atoms with E-state index in [1.165, 1.54) is 38.5 Å². The van der Waals surface area contributed by atoms with Gasteiger partial charge in [0.05, 0.1) is 52.9 Å². The highest BCUT2D eigenvalue weighted by atomic mass is 16.6. The van der Waals surface area contributed by atoms with Crippen LogP contribution in [-0.2, 0) is 18.9 Å². The zero-order valence-electron chi connectivity index (χ0n) is 16.0. The van der Waals surface area contributed by atoms with E-state index >= 15 is 0 Å². The van der Waals surface area contributed by atoms with Crippen LogP contribution in [0.1, 0.15) is 58.8 Å². The second-order valence-corrected chi connectivity index (χ2v) is 6.06. The Balaban J connectivity index is 3.03. The Morgan fingerprint density at radius 1 is 0.583 bits per heavy atom. The molecule has 0 saturated carbocycles. The summed E-state index contributed by atoms with van der Waals surface area (Å²) in [5.41, 5.74) is 0. The Morgan fingerprint density at radius 3 is 1.54 bits per heavy atom. The van der Waals surface area contributed by atoms with E-state index in [0.29, 0.717) is 46.2 Å². The van der Waals surface area contributed by atoms with Crippen molar-refractivity contribution in [2.75, 3.05) is 59.5 Å². The Kier molecular flexibility index (Phi) is 20.7. The van der Waals surface area contributed by atoms with Gasteiger partial charge in [-0.3, -0.25) is 0 Å². The predicted molar refractivity (Wildman–Crippen MR) is 97.5 cm³/mol. The molecular weight excluding hydrogens is 308 g/mol. The van der Waals surface area contributed by atoms with Crippen molar-refractivity contribution in [1.29, 1.82) is 0 Å². The molecule has 0 saturated heterocycles. The predicted octanol–water partition coefficient (Wildman–Crippen LogP) is 3.43. The molecule has 0 aromatic rings. The summed E-state index contributed by atoms with van der Waals surface area (Å²) in [6, 6.07) is 0. The summed E-state index contributed by atoms with van der Waals surface area (Å²) in [5, 5.41) is 8.52. The van der Waals surface area contributed by atoms with Crippen molar-refractivity contribution in [2.24, 2.45) is 5.92 Å². The van der Waals surface area contributed by atoms with Crippen LogP contribution >= 0.6 is 0 Å². The van der Waals surface area contributed by atoms with Gasteiger partial charge in [0.15, 0.2) is 0 Å². The Labute approximate surface area is 149 Å². The highest BCUT2D eigenvalue weighted by Crippen LogP contribution is 2.16. The third-order valence-corrected chi connectivity index (χ3v) is 4.16. The maximum atomic E-state index is 8.52. The first-order chi connectivity index (χ1) is 11.8. The lowest BCUT2D eigenvalue weighted by Gasteiger charge is -2.11. The molecule has 0 bridgehead atoms. The minimum absolute atomic E-state index is 0.0568. The quantitative estimate of drug-likeness (QED) is 0.342. The summed E-state index contributed by atoms with van der Waals surface area (Å²) < 4.78 is 21.4. The van der Waals surface area contributed by atoms with Crippen molar-refractivity contribution in [3.05, 3.63) is 0 Å². The monoisotopic (exact) mass is 348 g/mol. The van der Waals surface area contributed by atoms with Gasteiger partial charge in [0, 0.05) is 6.61 Å². The normalized spacial score (nSPS) is 11.5. The number of aliphatic hydroxyl groups excluding tert-OH is 1. The first-order valence-corrected chi connectivity index (χ1v) is 9.76. The Morgan fingerprint density at radius 2 is 1.04 bits per heavy atom. The second-order valence-electron chi connectivity index (χ2n) is 6.06. The highest BCUT2D eigenvalue weighted by Gasteiger charge is 2.02. The smallest absolute Gasteiger partial charge is 0.0701 e. The van der Waals surface area contributed by atoms with Gasteiger partial charge in [0.25, 0.3) is 0 Å². The Hall–Kier alpha value is -0.200. The molecule has 0 aliphatic rings.